The van der Waals surface area contributed by atoms with Gasteiger partial charge in [-0.1, -0.05) is 0 Å². The molecular weight excluding hydrogens is 463 g/mol. The Morgan fingerprint density at radius 3 is 2.62 bits per heavy atom. The van der Waals surface area contributed by atoms with Crippen LogP contribution in [-0.4, -0.2) is 61.2 Å². The minimum absolute atomic E-state index is 0.0989. The van der Waals surface area contributed by atoms with Crippen LogP contribution in [0.5, 0.6) is 5.75 Å². The number of aliphatic hydroxyl groups excluding tert-OH is 2. The van der Waals surface area contributed by atoms with E-state index in [1.807, 2.05) is 0 Å². The summed E-state index contributed by atoms with van der Waals surface area (Å²) in [6.07, 6.45) is 1.82. The Balaban J connectivity index is 1.86. The van der Waals surface area contributed by atoms with E-state index in [2.05, 4.69) is 15.5 Å². The Kier molecular flexibility index (Phi) is 8.37. The van der Waals surface area contributed by atoms with Crippen LogP contribution in [0, 0.1) is 19.7 Å². The molecule has 0 saturated carbocycles. The Morgan fingerprint density at radius 2 is 1.94 bits per heavy atom. The van der Waals surface area contributed by atoms with Crippen LogP contribution < -0.4 is 14.4 Å². The maximum Gasteiger partial charge on any atom is 0.264 e. The number of nitrogens with one attached hydrogen (secondary N) is 1. The van der Waals surface area contributed by atoms with E-state index in [0.29, 0.717) is 12.3 Å². The largest absolute Gasteiger partial charge is 0.492 e. The molecule has 3 rings (SSSR count). The Bertz CT molecular complexity index is 1210. The van der Waals surface area contributed by atoms with E-state index in [1.54, 1.807) is 43.6 Å². The Labute approximate surface area is 197 Å². The molecule has 0 amide bonds. The smallest absolute Gasteiger partial charge is 0.264 e. The summed E-state index contributed by atoms with van der Waals surface area (Å²) in [6, 6.07) is 10.1. The average Bonchev–Trinajstić information content (AvgIpc) is 2.80. The molecular formula is C23H27FN4O5S. The number of sulfonamides is 1. The van der Waals surface area contributed by atoms with Crippen molar-refractivity contribution in [1.82, 2.24) is 10.2 Å². The monoisotopic (exact) mass is 490 g/mol. The number of benzene rings is 2. The zero-order valence-electron chi connectivity index (χ0n) is 18.8. The Morgan fingerprint density at radius 1 is 1.15 bits per heavy atom. The number of aliphatic hydroxyl groups is 2. The van der Waals surface area contributed by atoms with Crippen molar-refractivity contribution < 1.29 is 27.8 Å². The lowest BCUT2D eigenvalue weighted by molar-refractivity contribution is 0.102. The summed E-state index contributed by atoms with van der Waals surface area (Å²) in [5, 5.41) is 30.0. The van der Waals surface area contributed by atoms with Gasteiger partial charge in [-0.15, -0.1) is 0 Å². The van der Waals surface area contributed by atoms with Gasteiger partial charge in [0.25, 0.3) is 10.0 Å². The molecule has 0 aliphatic carbocycles. The summed E-state index contributed by atoms with van der Waals surface area (Å²) in [6.45, 7) is 3.01. The van der Waals surface area contributed by atoms with Crippen molar-refractivity contribution in [2.45, 2.75) is 24.8 Å². The number of halogens is 1. The first-order chi connectivity index (χ1) is 16.2. The summed E-state index contributed by atoms with van der Waals surface area (Å²) in [4.78, 5) is -0.0989. The maximum absolute atomic E-state index is 13.6. The number of hydrogen-bond donors (Lipinski definition) is 3. The van der Waals surface area contributed by atoms with Crippen molar-refractivity contribution in [3.8, 4) is 5.75 Å². The van der Waals surface area contributed by atoms with Crippen molar-refractivity contribution >= 4 is 21.4 Å². The lowest BCUT2D eigenvalue weighted by Crippen LogP contribution is -2.39. The lowest BCUT2D eigenvalue weighted by Gasteiger charge is -2.27. The molecule has 3 N–H and O–H groups in total. The van der Waals surface area contributed by atoms with Gasteiger partial charge in [0.1, 0.15) is 18.2 Å². The SMILES string of the molecule is Cc1cc(OCCNc2ccnnc2)cc(N(CC(O)CO)S(=O)(=O)c2ccc(F)cc2C)c1. The maximum atomic E-state index is 13.6. The molecule has 0 radical (unpaired) electrons. The van der Waals surface area contributed by atoms with Gasteiger partial charge in [0.15, 0.2) is 0 Å². The second-order valence-corrected chi connectivity index (χ2v) is 9.52. The van der Waals surface area contributed by atoms with E-state index in [-0.39, 0.29) is 22.8 Å². The van der Waals surface area contributed by atoms with Gasteiger partial charge >= 0.3 is 0 Å². The third kappa shape index (κ3) is 6.40. The average molecular weight is 491 g/mol. The molecule has 0 saturated heterocycles. The topological polar surface area (TPSA) is 125 Å². The molecule has 0 bridgehead atoms. The van der Waals surface area contributed by atoms with Crippen molar-refractivity contribution in [3.05, 3.63) is 71.8 Å². The molecule has 2 aromatic carbocycles. The quantitative estimate of drug-likeness (QED) is 0.350. The fourth-order valence-corrected chi connectivity index (χ4v) is 5.02. The highest BCUT2D eigenvalue weighted by atomic mass is 32.2. The predicted octanol–water partition coefficient (Wildman–Crippen LogP) is 2.27. The zero-order chi connectivity index (χ0) is 24.7. The molecule has 0 aliphatic rings. The van der Waals surface area contributed by atoms with Gasteiger partial charge in [0.2, 0.25) is 0 Å². The van der Waals surface area contributed by atoms with Gasteiger partial charge in [-0.3, -0.25) is 4.31 Å². The van der Waals surface area contributed by atoms with E-state index < -0.39 is 35.1 Å². The second-order valence-electron chi connectivity index (χ2n) is 7.69. The Hall–Kier alpha value is -3.28. The van der Waals surface area contributed by atoms with Crippen LogP contribution in [0.25, 0.3) is 0 Å². The van der Waals surface area contributed by atoms with E-state index in [0.717, 1.165) is 27.7 Å². The van der Waals surface area contributed by atoms with Crippen molar-refractivity contribution in [3.63, 3.8) is 0 Å². The molecule has 182 valence electrons. The lowest BCUT2D eigenvalue weighted by atomic mass is 10.2. The van der Waals surface area contributed by atoms with Crippen LogP contribution in [0.3, 0.4) is 0 Å². The minimum Gasteiger partial charge on any atom is -0.492 e. The molecule has 1 unspecified atom stereocenters. The molecule has 0 fully saturated rings. The number of rotatable bonds is 11. The molecule has 0 aliphatic heterocycles. The normalized spacial score (nSPS) is 12.3. The highest BCUT2D eigenvalue weighted by Crippen LogP contribution is 2.30. The van der Waals surface area contributed by atoms with E-state index in [9.17, 15) is 23.0 Å². The van der Waals surface area contributed by atoms with E-state index >= 15 is 0 Å². The summed E-state index contributed by atoms with van der Waals surface area (Å²) >= 11 is 0. The highest BCUT2D eigenvalue weighted by Gasteiger charge is 2.29. The van der Waals surface area contributed by atoms with Crippen molar-refractivity contribution in [2.75, 3.05) is 35.9 Å². The minimum atomic E-state index is -4.19. The fraction of sp³-hybridized carbons (Fsp3) is 0.304. The number of aryl methyl sites for hydroxylation is 2. The van der Waals surface area contributed by atoms with Crippen LogP contribution in [-0.2, 0) is 10.0 Å². The van der Waals surface area contributed by atoms with Gasteiger partial charge in [-0.05, 0) is 61.4 Å². The van der Waals surface area contributed by atoms with Gasteiger partial charge in [0.05, 0.1) is 47.9 Å². The molecule has 11 heteroatoms. The number of ether oxygens (including phenoxy) is 1. The molecule has 9 nitrogen and oxygen atoms in total. The first kappa shape index (κ1) is 25.3. The zero-order valence-corrected chi connectivity index (χ0v) is 19.7. The second kappa shape index (κ2) is 11.2. The van der Waals surface area contributed by atoms with Crippen molar-refractivity contribution in [2.24, 2.45) is 0 Å². The summed E-state index contributed by atoms with van der Waals surface area (Å²) in [5.74, 6) is -0.125. The fourth-order valence-electron chi connectivity index (χ4n) is 3.33. The summed E-state index contributed by atoms with van der Waals surface area (Å²) in [5.41, 5.74) is 1.99. The van der Waals surface area contributed by atoms with Gasteiger partial charge in [-0.25, -0.2) is 12.8 Å². The van der Waals surface area contributed by atoms with E-state index in [1.165, 1.54) is 13.0 Å². The summed E-state index contributed by atoms with van der Waals surface area (Å²) < 4.78 is 47.4. The number of nitrogens with zero attached hydrogens (tertiary/aromatic N) is 3. The first-order valence-corrected chi connectivity index (χ1v) is 12.0. The predicted molar refractivity (Wildman–Crippen MR) is 126 cm³/mol. The van der Waals surface area contributed by atoms with Gasteiger partial charge in [-0.2, -0.15) is 10.2 Å². The number of hydrogen-bond acceptors (Lipinski definition) is 8. The third-order valence-corrected chi connectivity index (χ3v) is 6.85. The molecule has 34 heavy (non-hydrogen) atoms. The summed E-state index contributed by atoms with van der Waals surface area (Å²) in [7, 11) is -4.19. The highest BCUT2D eigenvalue weighted by molar-refractivity contribution is 7.92. The van der Waals surface area contributed by atoms with Crippen LogP contribution >= 0.6 is 0 Å². The van der Waals surface area contributed by atoms with Crippen molar-refractivity contribution in [1.29, 1.82) is 0 Å². The molecule has 0 spiro atoms. The number of aromatic nitrogens is 2. The third-order valence-electron chi connectivity index (χ3n) is 4.90. The standard InChI is InChI=1S/C23H27FN4O5S/c1-16-9-20(12-22(10-16)33-8-7-25-19-5-6-26-27-13-19)28(14-21(30)15-29)34(31,32)23-4-3-18(24)11-17(23)2/h3-6,9-13,21,29-30H,7-8,14-15H2,1-2H3,(H,25,26). The van der Waals surface area contributed by atoms with Gasteiger partial charge < -0.3 is 20.3 Å². The molecule has 1 atom stereocenters. The molecule has 1 heterocycles. The van der Waals surface area contributed by atoms with E-state index in [4.69, 9.17) is 4.74 Å². The van der Waals surface area contributed by atoms with Crippen LogP contribution in [0.2, 0.25) is 0 Å². The molecule has 1 aromatic heterocycles. The van der Waals surface area contributed by atoms with Crippen LogP contribution in [0.15, 0.2) is 59.8 Å². The molecule has 3 aromatic rings. The van der Waals surface area contributed by atoms with Crippen LogP contribution in [0.1, 0.15) is 11.1 Å². The number of anilines is 2. The first-order valence-electron chi connectivity index (χ1n) is 10.5. The van der Waals surface area contributed by atoms with Crippen LogP contribution in [0.4, 0.5) is 15.8 Å². The van der Waals surface area contributed by atoms with Gasteiger partial charge in [0, 0.05) is 12.6 Å².